The number of aliphatic hydroxyl groups excluding tert-OH is 1. The van der Waals surface area contributed by atoms with Crippen LogP contribution in [-0.4, -0.2) is 50.7 Å². The number of hydrogen-bond acceptors (Lipinski definition) is 6. The monoisotopic (exact) mass is 496 g/mol. The van der Waals surface area contributed by atoms with Gasteiger partial charge in [0.2, 0.25) is 11.8 Å². The molecule has 1 saturated heterocycles. The van der Waals surface area contributed by atoms with Crippen molar-refractivity contribution in [3.8, 4) is 0 Å². The Morgan fingerprint density at radius 2 is 1.94 bits per heavy atom. The van der Waals surface area contributed by atoms with Gasteiger partial charge in [-0.3, -0.25) is 14.6 Å². The van der Waals surface area contributed by atoms with Crippen LogP contribution in [0.4, 0.5) is 0 Å². The summed E-state index contributed by atoms with van der Waals surface area (Å²) in [6, 6.07) is 12.0. The van der Waals surface area contributed by atoms with Gasteiger partial charge in [-0.1, -0.05) is 28.9 Å². The molecule has 2 N–H and O–H groups in total. The second-order valence-corrected chi connectivity index (χ2v) is 9.79. The number of hydrogen-bond donors (Lipinski definition) is 2. The number of halogens is 1. The van der Waals surface area contributed by atoms with Crippen molar-refractivity contribution in [1.29, 1.82) is 0 Å². The molecule has 3 aromatic rings. The molecule has 1 fully saturated rings. The maximum atomic E-state index is 13.6. The lowest BCUT2D eigenvalue weighted by atomic mass is 9.85. The number of benzene rings is 1. The Balaban J connectivity index is 1.59. The van der Waals surface area contributed by atoms with Crippen molar-refractivity contribution in [3.05, 3.63) is 82.5 Å². The molecular formula is C26H29ClN4O4. The van der Waals surface area contributed by atoms with Gasteiger partial charge in [-0.25, -0.2) is 0 Å². The normalized spacial score (nSPS) is 20.3. The number of pyridine rings is 1. The zero-order chi connectivity index (χ0) is 25.2. The number of nitrogens with zero attached hydrogens (tertiary/aromatic N) is 3. The van der Waals surface area contributed by atoms with Crippen LogP contribution in [0.2, 0.25) is 5.02 Å². The largest absolute Gasteiger partial charge is 0.391 e. The molecule has 8 nitrogen and oxygen atoms in total. The number of carbonyl (C=O) groups is 2. The standard InChI is InChI=1S/C26H29ClN4O4/c1-16-12-23(35-30-16)17(2)25(34)31-15-21(32)13-22(31)24(33)29-26(3,14-18-8-10-28-11-9-18)19-4-6-20(27)7-5-19/h4-12,17,21-22,32H,13-15H2,1-3H3,(H,29,33)/t17-,21-,22+,26?/m1/s1. The van der Waals surface area contributed by atoms with E-state index in [9.17, 15) is 14.7 Å². The number of aromatic nitrogens is 2. The van der Waals surface area contributed by atoms with Crippen LogP contribution in [0.25, 0.3) is 0 Å². The summed E-state index contributed by atoms with van der Waals surface area (Å²) in [5.41, 5.74) is 1.74. The number of aryl methyl sites for hydroxylation is 1. The van der Waals surface area contributed by atoms with Gasteiger partial charge in [-0.15, -0.1) is 0 Å². The molecule has 4 atom stereocenters. The Labute approximate surface area is 209 Å². The van der Waals surface area contributed by atoms with E-state index >= 15 is 0 Å². The second-order valence-electron chi connectivity index (χ2n) is 9.35. The zero-order valence-corrected chi connectivity index (χ0v) is 20.7. The maximum absolute atomic E-state index is 13.6. The van der Waals surface area contributed by atoms with Crippen LogP contribution in [0.1, 0.15) is 48.8 Å². The number of rotatable bonds is 7. The van der Waals surface area contributed by atoms with Crippen molar-refractivity contribution in [2.45, 2.75) is 57.2 Å². The highest BCUT2D eigenvalue weighted by molar-refractivity contribution is 6.30. The van der Waals surface area contributed by atoms with Crippen LogP contribution >= 0.6 is 11.6 Å². The fourth-order valence-corrected chi connectivity index (χ4v) is 4.69. The first-order valence-corrected chi connectivity index (χ1v) is 11.9. The SMILES string of the molecule is Cc1cc([C@@H](C)C(=O)N2C[C@H](O)C[C@H]2C(=O)NC(C)(Cc2ccncc2)c2ccc(Cl)cc2)on1. The van der Waals surface area contributed by atoms with Crippen molar-refractivity contribution in [1.82, 2.24) is 20.4 Å². The van der Waals surface area contributed by atoms with Crippen molar-refractivity contribution in [3.63, 3.8) is 0 Å². The van der Waals surface area contributed by atoms with Gasteiger partial charge in [0.1, 0.15) is 11.8 Å². The highest BCUT2D eigenvalue weighted by Gasteiger charge is 2.43. The molecule has 1 aromatic carbocycles. The lowest BCUT2D eigenvalue weighted by Gasteiger charge is -2.35. The van der Waals surface area contributed by atoms with Crippen LogP contribution in [0.15, 0.2) is 59.4 Å². The molecule has 2 aromatic heterocycles. The molecule has 0 aliphatic carbocycles. The number of nitrogens with one attached hydrogen (secondary N) is 1. The van der Waals surface area contributed by atoms with Crippen LogP contribution in [0.3, 0.4) is 0 Å². The average molecular weight is 497 g/mol. The number of carbonyl (C=O) groups excluding carboxylic acids is 2. The van der Waals surface area contributed by atoms with Gasteiger partial charge in [0.05, 0.1) is 23.3 Å². The smallest absolute Gasteiger partial charge is 0.243 e. The Morgan fingerprint density at radius 3 is 2.57 bits per heavy atom. The molecule has 35 heavy (non-hydrogen) atoms. The first kappa shape index (κ1) is 24.9. The van der Waals surface area contributed by atoms with E-state index in [4.69, 9.17) is 16.1 Å². The van der Waals surface area contributed by atoms with Gasteiger partial charge in [-0.2, -0.15) is 0 Å². The molecule has 184 valence electrons. The van der Waals surface area contributed by atoms with E-state index in [0.29, 0.717) is 22.9 Å². The molecule has 0 bridgehead atoms. The fraction of sp³-hybridized carbons (Fsp3) is 0.385. The number of amides is 2. The van der Waals surface area contributed by atoms with Gasteiger partial charge in [0, 0.05) is 36.4 Å². The Hall–Kier alpha value is -3.23. The summed E-state index contributed by atoms with van der Waals surface area (Å²) in [4.78, 5) is 32.4. The third-order valence-electron chi connectivity index (χ3n) is 6.50. The number of aliphatic hydroxyl groups is 1. The number of β-amino-alcohol motifs (C(OH)–C–C–N with tert-alkyl or cyclic N) is 1. The van der Waals surface area contributed by atoms with Gasteiger partial charge in [-0.05, 0) is 62.6 Å². The third-order valence-corrected chi connectivity index (χ3v) is 6.75. The molecule has 1 unspecified atom stereocenters. The van der Waals surface area contributed by atoms with E-state index in [1.807, 2.05) is 31.2 Å². The highest BCUT2D eigenvalue weighted by atomic mass is 35.5. The molecule has 0 saturated carbocycles. The minimum absolute atomic E-state index is 0.0798. The Kier molecular flexibility index (Phi) is 7.23. The second kappa shape index (κ2) is 10.2. The Bertz CT molecular complexity index is 1180. The minimum Gasteiger partial charge on any atom is -0.391 e. The fourth-order valence-electron chi connectivity index (χ4n) is 4.56. The van der Waals surface area contributed by atoms with Gasteiger partial charge in [0.15, 0.2) is 0 Å². The predicted molar refractivity (Wildman–Crippen MR) is 131 cm³/mol. The quantitative estimate of drug-likeness (QED) is 0.519. The molecule has 1 aliphatic heterocycles. The van der Waals surface area contributed by atoms with E-state index in [1.54, 1.807) is 44.4 Å². The van der Waals surface area contributed by atoms with Crippen molar-refractivity contribution in [2.24, 2.45) is 0 Å². The lowest BCUT2D eigenvalue weighted by Crippen LogP contribution is -2.53. The molecule has 3 heterocycles. The van der Waals surface area contributed by atoms with Gasteiger partial charge < -0.3 is 19.8 Å². The first-order valence-electron chi connectivity index (χ1n) is 11.5. The van der Waals surface area contributed by atoms with Crippen LogP contribution in [-0.2, 0) is 21.5 Å². The highest BCUT2D eigenvalue weighted by Crippen LogP contribution is 2.30. The third kappa shape index (κ3) is 5.55. The zero-order valence-electron chi connectivity index (χ0n) is 19.9. The van der Waals surface area contributed by atoms with Crippen molar-refractivity contribution < 1.29 is 19.2 Å². The predicted octanol–water partition coefficient (Wildman–Crippen LogP) is 3.37. The van der Waals surface area contributed by atoms with Gasteiger partial charge in [0.25, 0.3) is 0 Å². The molecular weight excluding hydrogens is 468 g/mol. The summed E-state index contributed by atoms with van der Waals surface area (Å²) < 4.78 is 5.27. The van der Waals surface area contributed by atoms with Crippen LogP contribution in [0.5, 0.6) is 0 Å². The van der Waals surface area contributed by atoms with Crippen LogP contribution < -0.4 is 5.32 Å². The van der Waals surface area contributed by atoms with E-state index in [-0.39, 0.29) is 24.8 Å². The maximum Gasteiger partial charge on any atom is 0.243 e. The summed E-state index contributed by atoms with van der Waals surface area (Å²) in [6.07, 6.45) is 3.28. The lowest BCUT2D eigenvalue weighted by molar-refractivity contribution is -0.140. The Morgan fingerprint density at radius 1 is 1.26 bits per heavy atom. The molecule has 9 heteroatoms. The van der Waals surface area contributed by atoms with Crippen molar-refractivity contribution in [2.75, 3.05) is 6.54 Å². The summed E-state index contributed by atoms with van der Waals surface area (Å²) >= 11 is 6.10. The summed E-state index contributed by atoms with van der Waals surface area (Å²) in [6.45, 7) is 5.51. The summed E-state index contributed by atoms with van der Waals surface area (Å²) in [5.74, 6) is -0.824. The van der Waals surface area contributed by atoms with Crippen molar-refractivity contribution >= 4 is 23.4 Å². The molecule has 0 radical (unpaired) electrons. The first-order chi connectivity index (χ1) is 16.7. The molecule has 0 spiro atoms. The average Bonchev–Trinajstić information content (AvgIpc) is 3.44. The van der Waals surface area contributed by atoms with E-state index in [0.717, 1.165) is 11.1 Å². The van der Waals surface area contributed by atoms with Crippen LogP contribution in [0, 0.1) is 6.92 Å². The molecule has 4 rings (SSSR count). The number of likely N-dealkylation sites (tertiary alicyclic amines) is 1. The van der Waals surface area contributed by atoms with E-state index in [1.165, 1.54) is 4.90 Å². The van der Waals surface area contributed by atoms with E-state index in [2.05, 4.69) is 15.5 Å². The molecule has 1 aliphatic rings. The molecule has 2 amide bonds. The minimum atomic E-state index is -0.812. The topological polar surface area (TPSA) is 109 Å². The summed E-state index contributed by atoms with van der Waals surface area (Å²) in [7, 11) is 0. The van der Waals surface area contributed by atoms with E-state index < -0.39 is 23.6 Å². The van der Waals surface area contributed by atoms with Gasteiger partial charge >= 0.3 is 0 Å². The summed E-state index contributed by atoms with van der Waals surface area (Å²) in [5, 5.41) is 18.0.